The van der Waals surface area contributed by atoms with E-state index in [9.17, 15) is 0 Å². The SMILES string of the molecule is CC1CCC2SC3=C(SC2C1)SC1(S3)SC2=C(SC3CC(C)CCC3S2)S1. The molecule has 2 aliphatic carbocycles. The summed E-state index contributed by atoms with van der Waals surface area (Å²) in [7, 11) is 0. The van der Waals surface area contributed by atoms with Gasteiger partial charge >= 0.3 is 0 Å². The highest BCUT2D eigenvalue weighted by Gasteiger charge is 2.54. The minimum absolute atomic E-state index is 0.257. The first-order chi connectivity index (χ1) is 13.1. The van der Waals surface area contributed by atoms with E-state index in [-0.39, 0.29) is 2.74 Å². The highest BCUT2D eigenvalue weighted by Crippen LogP contribution is 2.80. The van der Waals surface area contributed by atoms with E-state index < -0.39 is 0 Å². The molecule has 6 unspecified atom stereocenters. The molecular formula is C19H24S8. The van der Waals surface area contributed by atoms with Crippen molar-refractivity contribution in [3.8, 4) is 0 Å². The van der Waals surface area contributed by atoms with Gasteiger partial charge < -0.3 is 0 Å². The molecule has 0 bridgehead atoms. The van der Waals surface area contributed by atoms with Crippen molar-refractivity contribution in [1.82, 2.24) is 0 Å². The van der Waals surface area contributed by atoms with Crippen LogP contribution in [-0.2, 0) is 0 Å². The monoisotopic (exact) mass is 508 g/mol. The van der Waals surface area contributed by atoms with Crippen LogP contribution in [0.5, 0.6) is 0 Å². The van der Waals surface area contributed by atoms with Gasteiger partial charge in [-0.1, -0.05) is 60.9 Å². The molecule has 0 aromatic rings. The normalized spacial score (nSPS) is 49.1. The summed E-state index contributed by atoms with van der Waals surface area (Å²) in [4.78, 5) is 0. The summed E-state index contributed by atoms with van der Waals surface area (Å²) in [5, 5.41) is 3.49. The van der Waals surface area contributed by atoms with Crippen molar-refractivity contribution in [1.29, 1.82) is 0 Å². The van der Waals surface area contributed by atoms with Crippen LogP contribution in [0.4, 0.5) is 0 Å². The first kappa shape index (κ1) is 19.9. The number of hydrogen-bond donors (Lipinski definition) is 0. The Hall–Kier alpha value is 2.28. The van der Waals surface area contributed by atoms with E-state index in [2.05, 4.69) is 108 Å². The van der Waals surface area contributed by atoms with Crippen molar-refractivity contribution in [3.63, 3.8) is 0 Å². The van der Waals surface area contributed by atoms with Gasteiger partial charge in [0.2, 0.25) is 0 Å². The molecule has 8 heteroatoms. The van der Waals surface area contributed by atoms with Gasteiger partial charge in [0, 0.05) is 21.0 Å². The van der Waals surface area contributed by atoms with E-state index in [0.717, 1.165) is 32.8 Å². The van der Waals surface area contributed by atoms with Crippen molar-refractivity contribution in [2.24, 2.45) is 11.8 Å². The Bertz CT molecular complexity index is 654. The molecule has 2 fully saturated rings. The predicted octanol–water partition coefficient (Wildman–Crippen LogP) is 8.89. The average molecular weight is 509 g/mol. The first-order valence-corrected chi connectivity index (χ1v) is 16.8. The lowest BCUT2D eigenvalue weighted by Crippen LogP contribution is -2.29. The largest absolute Gasteiger partial charge is 0.173 e. The maximum absolute atomic E-state index is 2.46. The molecule has 0 nitrogen and oxygen atoms in total. The van der Waals surface area contributed by atoms with Crippen LogP contribution in [0.2, 0.25) is 0 Å². The van der Waals surface area contributed by atoms with Gasteiger partial charge in [-0.3, -0.25) is 0 Å². The number of hydrogen-bond acceptors (Lipinski definition) is 8. The van der Waals surface area contributed by atoms with Crippen molar-refractivity contribution in [3.05, 3.63) is 16.9 Å². The quantitative estimate of drug-likeness (QED) is 0.314. The minimum Gasteiger partial charge on any atom is -0.113 e. The Balaban J connectivity index is 1.17. The molecule has 148 valence electrons. The van der Waals surface area contributed by atoms with Crippen LogP contribution in [-0.4, -0.2) is 23.7 Å². The Morgan fingerprint density at radius 1 is 0.556 bits per heavy atom. The Labute approximate surface area is 197 Å². The minimum atomic E-state index is 0.257. The van der Waals surface area contributed by atoms with E-state index >= 15 is 0 Å². The molecule has 2 saturated carbocycles. The second-order valence-electron chi connectivity index (χ2n) is 8.52. The fraction of sp³-hybridized carbons (Fsp3) is 0.789. The van der Waals surface area contributed by atoms with Crippen LogP contribution in [0.15, 0.2) is 16.9 Å². The zero-order valence-corrected chi connectivity index (χ0v) is 22.0. The van der Waals surface area contributed by atoms with E-state index in [1.165, 1.54) is 38.5 Å². The molecule has 0 amide bonds. The van der Waals surface area contributed by atoms with Gasteiger partial charge in [0.25, 0.3) is 0 Å². The van der Waals surface area contributed by atoms with Gasteiger partial charge in [-0.25, -0.2) is 0 Å². The van der Waals surface area contributed by atoms with Gasteiger partial charge in [0.15, 0.2) is 2.74 Å². The van der Waals surface area contributed by atoms with Crippen LogP contribution in [0.1, 0.15) is 52.4 Å². The summed E-state index contributed by atoms with van der Waals surface area (Å²) in [6.45, 7) is 4.91. The third kappa shape index (κ3) is 3.74. The van der Waals surface area contributed by atoms with Crippen molar-refractivity contribution in [2.45, 2.75) is 76.1 Å². The van der Waals surface area contributed by atoms with Crippen LogP contribution in [0.3, 0.4) is 0 Å². The predicted molar refractivity (Wildman–Crippen MR) is 139 cm³/mol. The topological polar surface area (TPSA) is 0 Å². The number of fused-ring (bicyclic) bond motifs is 2. The molecule has 6 atom stereocenters. The highest BCUT2D eigenvalue weighted by molar-refractivity contribution is 8.60. The van der Waals surface area contributed by atoms with E-state index in [1.807, 2.05) is 0 Å². The number of thioether (sulfide) groups is 8. The summed E-state index contributed by atoms with van der Waals surface area (Å²) >= 11 is 17.8. The Morgan fingerprint density at radius 3 is 1.33 bits per heavy atom. The molecule has 0 aromatic heterocycles. The van der Waals surface area contributed by atoms with E-state index in [1.54, 1.807) is 16.9 Å². The molecular weight excluding hydrogens is 485 g/mol. The second kappa shape index (κ2) is 7.70. The van der Waals surface area contributed by atoms with E-state index in [4.69, 9.17) is 0 Å². The fourth-order valence-electron chi connectivity index (χ4n) is 4.70. The lowest BCUT2D eigenvalue weighted by molar-refractivity contribution is 0.402. The molecule has 0 aromatic carbocycles. The third-order valence-electron chi connectivity index (χ3n) is 6.22. The molecule has 27 heavy (non-hydrogen) atoms. The van der Waals surface area contributed by atoms with Gasteiger partial charge in [-0.05, 0) is 50.4 Å². The van der Waals surface area contributed by atoms with Crippen LogP contribution in [0.25, 0.3) is 0 Å². The molecule has 4 aliphatic heterocycles. The molecule has 1 spiro atoms. The summed E-state index contributed by atoms with van der Waals surface area (Å²) in [5.41, 5.74) is 0. The van der Waals surface area contributed by atoms with Gasteiger partial charge in [-0.15, -0.1) is 47.0 Å². The smallest absolute Gasteiger partial charge is 0.113 e. The first-order valence-electron chi connectivity index (χ1n) is 9.98. The van der Waals surface area contributed by atoms with Crippen molar-refractivity contribution >= 4 is 94.1 Å². The summed E-state index contributed by atoms with van der Waals surface area (Å²) < 4.78 is 6.93. The molecule has 6 rings (SSSR count). The Morgan fingerprint density at radius 2 is 0.926 bits per heavy atom. The highest BCUT2D eigenvalue weighted by atomic mass is 32.3. The standard InChI is InChI=1S/C19H24S8/c1-9-3-5-11-13(7-9)22-17-15(20-11)24-19(26-17)25-16-18(27-19)23-14-8-10(2)4-6-12(14)21-16/h9-14H,3-8H2,1-2H3. The maximum atomic E-state index is 2.46. The lowest BCUT2D eigenvalue weighted by Gasteiger charge is -2.36. The average Bonchev–Trinajstić information content (AvgIpc) is 3.14. The Kier molecular flexibility index (Phi) is 5.68. The molecule has 0 radical (unpaired) electrons. The molecule has 0 saturated heterocycles. The zero-order chi connectivity index (χ0) is 18.2. The van der Waals surface area contributed by atoms with Crippen molar-refractivity contribution < 1.29 is 0 Å². The summed E-state index contributed by atoms with van der Waals surface area (Å²) in [6.07, 6.45) is 8.60. The second-order valence-corrected chi connectivity index (χ2v) is 21.0. The van der Waals surface area contributed by atoms with E-state index in [0.29, 0.717) is 0 Å². The summed E-state index contributed by atoms with van der Waals surface area (Å²) in [6, 6.07) is 0. The maximum Gasteiger partial charge on any atom is 0.173 e. The van der Waals surface area contributed by atoms with Crippen LogP contribution >= 0.6 is 94.1 Å². The molecule has 6 aliphatic rings. The van der Waals surface area contributed by atoms with Gasteiger partial charge in [0.05, 0.1) is 16.9 Å². The lowest BCUT2D eigenvalue weighted by atomic mass is 9.90. The molecule has 0 N–H and O–H groups in total. The van der Waals surface area contributed by atoms with Crippen molar-refractivity contribution in [2.75, 3.05) is 0 Å². The number of rotatable bonds is 0. The zero-order valence-electron chi connectivity index (χ0n) is 15.5. The van der Waals surface area contributed by atoms with Crippen LogP contribution in [0, 0.1) is 11.8 Å². The van der Waals surface area contributed by atoms with Gasteiger partial charge in [0.1, 0.15) is 0 Å². The van der Waals surface area contributed by atoms with Gasteiger partial charge in [-0.2, -0.15) is 0 Å². The summed E-state index contributed by atoms with van der Waals surface area (Å²) in [5.74, 6) is 1.86. The third-order valence-corrected chi connectivity index (χ3v) is 20.4. The van der Waals surface area contributed by atoms with Crippen LogP contribution < -0.4 is 0 Å². The fourth-order valence-corrected chi connectivity index (χ4v) is 22.4. The molecule has 4 heterocycles.